The average Bonchev–Trinajstić information content (AvgIpc) is 3.08. The molecular formula is C21H25NO4S. The molecule has 0 N–H and O–H groups in total. The first kappa shape index (κ1) is 19.6. The van der Waals surface area contributed by atoms with Gasteiger partial charge < -0.3 is 4.74 Å². The summed E-state index contributed by atoms with van der Waals surface area (Å²) >= 11 is 0. The summed E-state index contributed by atoms with van der Waals surface area (Å²) in [5, 5.41) is 0. The quantitative estimate of drug-likeness (QED) is 0.735. The Morgan fingerprint density at radius 3 is 2.41 bits per heavy atom. The van der Waals surface area contributed by atoms with Crippen molar-refractivity contribution in [2.75, 3.05) is 13.2 Å². The van der Waals surface area contributed by atoms with Crippen molar-refractivity contribution in [2.45, 2.75) is 38.1 Å². The van der Waals surface area contributed by atoms with Crippen molar-refractivity contribution in [1.82, 2.24) is 4.31 Å². The summed E-state index contributed by atoms with van der Waals surface area (Å²) in [5.74, 6) is -0.848. The molecule has 1 saturated heterocycles. The molecule has 2 aromatic rings. The van der Waals surface area contributed by atoms with E-state index in [2.05, 4.69) is 0 Å². The fourth-order valence-corrected chi connectivity index (χ4v) is 5.32. The van der Waals surface area contributed by atoms with Crippen LogP contribution in [0.5, 0.6) is 0 Å². The van der Waals surface area contributed by atoms with Gasteiger partial charge >= 0.3 is 5.97 Å². The number of carbonyl (C=O) groups excluding carboxylic acids is 1. The van der Waals surface area contributed by atoms with Gasteiger partial charge in [-0.1, -0.05) is 42.0 Å². The molecule has 0 amide bonds. The lowest BCUT2D eigenvalue weighted by atomic mass is 9.91. The molecule has 3 rings (SSSR count). The zero-order valence-electron chi connectivity index (χ0n) is 15.9. The average molecular weight is 388 g/mol. The molecular weight excluding hydrogens is 362 g/mol. The van der Waals surface area contributed by atoms with Crippen LogP contribution in [-0.2, 0) is 19.6 Å². The highest BCUT2D eigenvalue weighted by molar-refractivity contribution is 7.89. The minimum absolute atomic E-state index is 0.246. The third-order valence-electron chi connectivity index (χ3n) is 5.08. The predicted octanol–water partition coefficient (Wildman–Crippen LogP) is 3.62. The number of hydrogen-bond acceptors (Lipinski definition) is 4. The van der Waals surface area contributed by atoms with Crippen LogP contribution in [0.3, 0.4) is 0 Å². The Kier molecular flexibility index (Phi) is 5.67. The summed E-state index contributed by atoms with van der Waals surface area (Å²) in [4.78, 5) is 12.8. The maximum absolute atomic E-state index is 13.3. The number of nitrogens with zero attached hydrogens (tertiary/aromatic N) is 1. The Bertz CT molecular complexity index is 921. The van der Waals surface area contributed by atoms with Gasteiger partial charge in [0.2, 0.25) is 10.0 Å². The van der Waals surface area contributed by atoms with E-state index in [1.54, 1.807) is 31.2 Å². The molecule has 0 aromatic heterocycles. The molecule has 0 saturated carbocycles. The van der Waals surface area contributed by atoms with Gasteiger partial charge in [-0.15, -0.1) is 0 Å². The number of sulfonamides is 1. The molecule has 0 aliphatic carbocycles. The van der Waals surface area contributed by atoms with E-state index in [9.17, 15) is 13.2 Å². The Morgan fingerprint density at radius 2 is 1.78 bits per heavy atom. The van der Waals surface area contributed by atoms with Crippen LogP contribution in [0, 0.1) is 19.8 Å². The molecule has 0 unspecified atom stereocenters. The van der Waals surface area contributed by atoms with Crippen LogP contribution in [0.15, 0.2) is 53.4 Å². The molecule has 1 aliphatic heterocycles. The highest BCUT2D eigenvalue weighted by atomic mass is 32.2. The highest BCUT2D eigenvalue weighted by Gasteiger charge is 2.46. The smallest absolute Gasteiger partial charge is 0.310 e. The zero-order valence-corrected chi connectivity index (χ0v) is 16.7. The number of benzene rings is 2. The normalized spacial score (nSPS) is 20.6. The maximum atomic E-state index is 13.3. The van der Waals surface area contributed by atoms with Crippen molar-refractivity contribution in [3.8, 4) is 0 Å². The van der Waals surface area contributed by atoms with Crippen molar-refractivity contribution >= 4 is 16.0 Å². The van der Waals surface area contributed by atoms with E-state index in [-0.39, 0.29) is 17.5 Å². The molecule has 0 bridgehead atoms. The van der Waals surface area contributed by atoms with Crippen LogP contribution in [0.2, 0.25) is 0 Å². The molecule has 144 valence electrons. The highest BCUT2D eigenvalue weighted by Crippen LogP contribution is 2.42. The topological polar surface area (TPSA) is 63.7 Å². The largest absolute Gasteiger partial charge is 0.466 e. The number of aryl methyl sites for hydroxylation is 2. The second-order valence-corrected chi connectivity index (χ2v) is 8.77. The number of rotatable bonds is 5. The van der Waals surface area contributed by atoms with Crippen LogP contribution in [0.4, 0.5) is 0 Å². The molecule has 2 atom stereocenters. The lowest BCUT2D eigenvalue weighted by Gasteiger charge is -2.28. The molecule has 0 radical (unpaired) electrons. The Hall–Kier alpha value is -2.18. The van der Waals surface area contributed by atoms with Gasteiger partial charge in [0.05, 0.1) is 23.5 Å². The number of ether oxygens (including phenoxy) is 1. The van der Waals surface area contributed by atoms with Crippen LogP contribution >= 0.6 is 0 Å². The third kappa shape index (κ3) is 3.77. The molecule has 0 spiro atoms. The monoisotopic (exact) mass is 387 g/mol. The van der Waals surface area contributed by atoms with E-state index in [4.69, 9.17) is 4.74 Å². The van der Waals surface area contributed by atoms with Crippen LogP contribution < -0.4 is 0 Å². The molecule has 2 aromatic carbocycles. The third-order valence-corrected chi connectivity index (χ3v) is 6.97. The molecule has 1 heterocycles. The van der Waals surface area contributed by atoms with E-state index < -0.39 is 22.0 Å². The SMILES string of the molecule is CCOC(=O)[C@@H]1CCN(S(=O)(=O)c2ccc(C)cc2)[C@@H]1c1ccccc1C. The minimum Gasteiger partial charge on any atom is -0.466 e. The fourth-order valence-electron chi connectivity index (χ4n) is 3.67. The van der Waals surface area contributed by atoms with Gasteiger partial charge in [-0.25, -0.2) is 8.42 Å². The summed E-state index contributed by atoms with van der Waals surface area (Å²) in [7, 11) is -3.73. The maximum Gasteiger partial charge on any atom is 0.310 e. The van der Waals surface area contributed by atoms with Gasteiger partial charge in [-0.2, -0.15) is 4.31 Å². The standard InChI is InChI=1S/C21H25NO4S/c1-4-26-21(23)19-13-14-22(20(19)18-8-6-5-7-16(18)3)27(24,25)17-11-9-15(2)10-12-17/h5-12,19-20H,4,13-14H2,1-3H3/t19-,20-/m1/s1. The van der Waals surface area contributed by atoms with Gasteiger partial charge in [-0.3, -0.25) is 4.79 Å². The first-order valence-corrected chi connectivity index (χ1v) is 10.6. The van der Waals surface area contributed by atoms with Gasteiger partial charge in [0.1, 0.15) is 0 Å². The molecule has 1 aliphatic rings. The number of hydrogen-bond donors (Lipinski definition) is 0. The van der Waals surface area contributed by atoms with Crippen LogP contribution in [0.1, 0.15) is 36.1 Å². The lowest BCUT2D eigenvalue weighted by molar-refractivity contribution is -0.148. The van der Waals surface area contributed by atoms with Gasteiger partial charge in [0.25, 0.3) is 0 Å². The van der Waals surface area contributed by atoms with Crippen LogP contribution in [-0.4, -0.2) is 31.8 Å². The van der Waals surface area contributed by atoms with Crippen molar-refractivity contribution in [3.63, 3.8) is 0 Å². The van der Waals surface area contributed by atoms with Crippen molar-refractivity contribution in [3.05, 3.63) is 65.2 Å². The predicted molar refractivity (Wildman–Crippen MR) is 104 cm³/mol. The van der Waals surface area contributed by atoms with E-state index >= 15 is 0 Å². The second-order valence-electron chi connectivity index (χ2n) is 6.88. The van der Waals surface area contributed by atoms with E-state index in [0.29, 0.717) is 13.0 Å². The zero-order chi connectivity index (χ0) is 19.6. The summed E-state index contributed by atoms with van der Waals surface area (Å²) in [6.45, 7) is 6.18. The van der Waals surface area contributed by atoms with E-state index in [0.717, 1.165) is 16.7 Å². The molecule has 5 nitrogen and oxygen atoms in total. The first-order chi connectivity index (χ1) is 12.9. The lowest BCUT2D eigenvalue weighted by Crippen LogP contribution is -2.34. The summed E-state index contributed by atoms with van der Waals surface area (Å²) in [5.41, 5.74) is 2.81. The van der Waals surface area contributed by atoms with Crippen molar-refractivity contribution < 1.29 is 17.9 Å². The number of carbonyl (C=O) groups is 1. The van der Waals surface area contributed by atoms with E-state index in [1.165, 1.54) is 4.31 Å². The number of esters is 1. The molecule has 1 fully saturated rings. The summed E-state index contributed by atoms with van der Waals surface area (Å²) in [6, 6.07) is 13.9. The summed E-state index contributed by atoms with van der Waals surface area (Å²) in [6.07, 6.45) is 0.447. The second kappa shape index (κ2) is 7.82. The first-order valence-electron chi connectivity index (χ1n) is 9.17. The Labute approximate surface area is 161 Å². The fraction of sp³-hybridized carbons (Fsp3) is 0.381. The van der Waals surface area contributed by atoms with E-state index in [1.807, 2.05) is 38.1 Å². The summed E-state index contributed by atoms with van der Waals surface area (Å²) < 4.78 is 33.4. The van der Waals surface area contributed by atoms with Crippen LogP contribution in [0.25, 0.3) is 0 Å². The molecule has 6 heteroatoms. The Morgan fingerprint density at radius 1 is 1.11 bits per heavy atom. The molecule has 27 heavy (non-hydrogen) atoms. The Balaban J connectivity index is 2.07. The minimum atomic E-state index is -3.73. The van der Waals surface area contributed by atoms with Gasteiger partial charge in [0, 0.05) is 6.54 Å². The van der Waals surface area contributed by atoms with Gasteiger partial charge in [-0.05, 0) is 50.5 Å². The van der Waals surface area contributed by atoms with Gasteiger partial charge in [0.15, 0.2) is 0 Å². The van der Waals surface area contributed by atoms with Crippen molar-refractivity contribution in [1.29, 1.82) is 0 Å². The van der Waals surface area contributed by atoms with Crippen molar-refractivity contribution in [2.24, 2.45) is 5.92 Å².